The van der Waals surface area contributed by atoms with Crippen molar-refractivity contribution in [1.29, 1.82) is 0 Å². The first kappa shape index (κ1) is 18.3. The lowest BCUT2D eigenvalue weighted by molar-refractivity contribution is -0.383. The summed E-state index contributed by atoms with van der Waals surface area (Å²) in [7, 11) is 0. The molecule has 7 heteroatoms. The number of rotatable bonds is 7. The molecule has 1 heterocycles. The summed E-state index contributed by atoms with van der Waals surface area (Å²) in [4.78, 5) is 20.0. The maximum Gasteiger partial charge on any atom is 0.353 e. The molecule has 0 aliphatic heterocycles. The van der Waals surface area contributed by atoms with E-state index in [1.54, 1.807) is 0 Å². The predicted molar refractivity (Wildman–Crippen MR) is 112 cm³/mol. The average molecular weight is 393 g/mol. The third-order valence-electron chi connectivity index (χ3n) is 6.98. The summed E-state index contributed by atoms with van der Waals surface area (Å²) in [6.07, 6.45) is 9.53. The van der Waals surface area contributed by atoms with E-state index in [1.165, 1.54) is 31.2 Å². The van der Waals surface area contributed by atoms with Crippen molar-refractivity contribution in [2.45, 2.75) is 50.5 Å². The zero-order valence-electron chi connectivity index (χ0n) is 16.5. The van der Waals surface area contributed by atoms with E-state index in [4.69, 9.17) is 0 Å². The first-order chi connectivity index (χ1) is 14.1. The van der Waals surface area contributed by atoms with Crippen LogP contribution in [0.2, 0.25) is 0 Å². The highest BCUT2D eigenvalue weighted by molar-refractivity contribution is 5.70. The second-order valence-electron chi connectivity index (χ2n) is 9.16. The molecule has 0 radical (unpaired) electrons. The lowest BCUT2D eigenvalue weighted by Gasteiger charge is -2.57. The van der Waals surface area contributed by atoms with Gasteiger partial charge in [0.1, 0.15) is 6.33 Å². The van der Waals surface area contributed by atoms with Crippen molar-refractivity contribution >= 4 is 17.3 Å². The topological polar surface area (TPSA) is 93.0 Å². The van der Waals surface area contributed by atoms with E-state index in [0.717, 1.165) is 43.4 Å². The third kappa shape index (κ3) is 3.66. The molecule has 4 bridgehead atoms. The van der Waals surface area contributed by atoms with Gasteiger partial charge in [0.15, 0.2) is 0 Å². The highest BCUT2D eigenvalue weighted by atomic mass is 16.6. The Labute approximate surface area is 170 Å². The van der Waals surface area contributed by atoms with E-state index < -0.39 is 0 Å². The van der Waals surface area contributed by atoms with Crippen LogP contribution in [0, 0.1) is 27.9 Å². The van der Waals surface area contributed by atoms with Gasteiger partial charge in [-0.2, -0.15) is 0 Å². The summed E-state index contributed by atoms with van der Waals surface area (Å²) in [6, 6.07) is 10.1. The van der Waals surface area contributed by atoms with Crippen molar-refractivity contribution in [3.05, 3.63) is 52.3 Å². The first-order valence-electron chi connectivity index (χ1n) is 10.7. The van der Waals surface area contributed by atoms with Crippen LogP contribution >= 0.6 is 0 Å². The first-order valence-corrected chi connectivity index (χ1v) is 10.7. The number of anilines is 2. The standard InChI is InChI=1S/C22H27N5O2/c28-27(29)19-20(23-7-6-15-4-2-1-3-5-15)24-14-25-21(19)26-22-11-16-8-17(12-22)10-18(9-16)13-22/h1-5,14,16-18H,6-13H2,(H2,23,24,25,26). The molecule has 0 unspecified atom stereocenters. The van der Waals surface area contributed by atoms with E-state index in [9.17, 15) is 10.1 Å². The molecule has 4 aliphatic carbocycles. The van der Waals surface area contributed by atoms with Gasteiger partial charge < -0.3 is 10.6 Å². The normalized spacial score (nSPS) is 29.6. The van der Waals surface area contributed by atoms with Crippen LogP contribution in [0.1, 0.15) is 44.1 Å². The summed E-state index contributed by atoms with van der Waals surface area (Å²) in [6.45, 7) is 0.582. The van der Waals surface area contributed by atoms with Gasteiger partial charge in [0.25, 0.3) is 0 Å². The van der Waals surface area contributed by atoms with E-state index >= 15 is 0 Å². The molecule has 0 amide bonds. The summed E-state index contributed by atoms with van der Waals surface area (Å²) >= 11 is 0. The molecule has 7 nitrogen and oxygen atoms in total. The van der Waals surface area contributed by atoms with Crippen LogP contribution in [0.25, 0.3) is 0 Å². The summed E-state index contributed by atoms with van der Waals surface area (Å²) in [5, 5.41) is 18.6. The van der Waals surface area contributed by atoms with E-state index in [2.05, 4.69) is 32.7 Å². The monoisotopic (exact) mass is 393 g/mol. The molecule has 4 aliphatic rings. The summed E-state index contributed by atoms with van der Waals surface area (Å²) in [5.74, 6) is 2.96. The Bertz CT molecular complexity index is 866. The van der Waals surface area contributed by atoms with Crippen molar-refractivity contribution in [2.75, 3.05) is 17.2 Å². The van der Waals surface area contributed by atoms with Crippen molar-refractivity contribution in [2.24, 2.45) is 17.8 Å². The highest BCUT2D eigenvalue weighted by Gasteiger charge is 2.51. The Balaban J connectivity index is 1.35. The Kier molecular flexibility index (Phi) is 4.60. The van der Waals surface area contributed by atoms with Crippen LogP contribution in [-0.2, 0) is 6.42 Å². The van der Waals surface area contributed by atoms with Crippen LogP contribution in [-0.4, -0.2) is 27.0 Å². The molecule has 0 atom stereocenters. The molecule has 29 heavy (non-hydrogen) atoms. The lowest BCUT2D eigenvalue weighted by atomic mass is 9.53. The molecule has 1 aromatic heterocycles. The Morgan fingerprint density at radius 3 is 2.24 bits per heavy atom. The molecule has 0 spiro atoms. The van der Waals surface area contributed by atoms with Gasteiger partial charge in [-0.05, 0) is 68.3 Å². The zero-order chi connectivity index (χ0) is 19.8. The van der Waals surface area contributed by atoms with Crippen LogP contribution in [0.3, 0.4) is 0 Å². The molecule has 6 rings (SSSR count). The Hall–Kier alpha value is -2.70. The minimum atomic E-state index is -0.353. The van der Waals surface area contributed by atoms with Crippen LogP contribution in [0.4, 0.5) is 17.3 Å². The number of hydrogen-bond donors (Lipinski definition) is 2. The van der Waals surface area contributed by atoms with Crippen LogP contribution < -0.4 is 10.6 Å². The van der Waals surface area contributed by atoms with Crippen molar-refractivity contribution in [3.8, 4) is 0 Å². The molecule has 2 N–H and O–H groups in total. The van der Waals surface area contributed by atoms with Crippen molar-refractivity contribution in [1.82, 2.24) is 9.97 Å². The summed E-state index contributed by atoms with van der Waals surface area (Å²) in [5.41, 5.74) is 1.12. The molecule has 2 aromatic rings. The Morgan fingerprint density at radius 1 is 1.00 bits per heavy atom. The number of benzene rings is 1. The van der Waals surface area contributed by atoms with E-state index in [-0.39, 0.29) is 16.1 Å². The highest BCUT2D eigenvalue weighted by Crippen LogP contribution is 2.56. The van der Waals surface area contributed by atoms with Gasteiger partial charge in [0.2, 0.25) is 11.6 Å². The molecule has 0 saturated heterocycles. The fourth-order valence-corrected chi connectivity index (χ4v) is 6.26. The Morgan fingerprint density at radius 2 is 1.62 bits per heavy atom. The minimum Gasteiger partial charge on any atom is -0.364 e. The van der Waals surface area contributed by atoms with Gasteiger partial charge in [-0.3, -0.25) is 10.1 Å². The fourth-order valence-electron chi connectivity index (χ4n) is 6.26. The average Bonchev–Trinajstić information content (AvgIpc) is 2.67. The molecule has 4 fully saturated rings. The molecule has 1 aromatic carbocycles. The quantitative estimate of drug-likeness (QED) is 0.534. The molecule has 4 saturated carbocycles. The predicted octanol–water partition coefficient (Wildman–Crippen LogP) is 4.42. The van der Waals surface area contributed by atoms with Gasteiger partial charge in [0, 0.05) is 12.1 Å². The lowest BCUT2D eigenvalue weighted by Crippen LogP contribution is -2.55. The van der Waals surface area contributed by atoms with E-state index in [1.807, 2.05) is 18.2 Å². The van der Waals surface area contributed by atoms with Gasteiger partial charge in [-0.25, -0.2) is 9.97 Å². The molecular formula is C22H27N5O2. The zero-order valence-corrected chi connectivity index (χ0v) is 16.5. The van der Waals surface area contributed by atoms with Crippen LogP contribution in [0.15, 0.2) is 36.7 Å². The SMILES string of the molecule is O=[N+]([O-])c1c(NCCc2ccccc2)ncnc1NC12CC3CC(CC(C3)C1)C2. The molecule has 152 valence electrons. The number of nitrogens with zero attached hydrogens (tertiary/aromatic N) is 3. The largest absolute Gasteiger partial charge is 0.364 e. The maximum absolute atomic E-state index is 11.9. The molecular weight excluding hydrogens is 366 g/mol. The van der Waals surface area contributed by atoms with E-state index in [0.29, 0.717) is 18.2 Å². The number of nitrogens with one attached hydrogen (secondary N) is 2. The summed E-state index contributed by atoms with van der Waals surface area (Å²) < 4.78 is 0. The van der Waals surface area contributed by atoms with Gasteiger partial charge in [0.05, 0.1) is 4.92 Å². The minimum absolute atomic E-state index is 0.0312. The number of nitro groups is 1. The maximum atomic E-state index is 11.9. The van der Waals surface area contributed by atoms with Gasteiger partial charge in [-0.15, -0.1) is 0 Å². The van der Waals surface area contributed by atoms with Crippen molar-refractivity contribution in [3.63, 3.8) is 0 Å². The van der Waals surface area contributed by atoms with Gasteiger partial charge >= 0.3 is 5.69 Å². The second-order valence-corrected chi connectivity index (χ2v) is 9.16. The fraction of sp³-hybridized carbons (Fsp3) is 0.545. The van der Waals surface area contributed by atoms with Gasteiger partial charge in [-0.1, -0.05) is 30.3 Å². The third-order valence-corrected chi connectivity index (χ3v) is 6.98. The number of hydrogen-bond acceptors (Lipinski definition) is 6. The van der Waals surface area contributed by atoms with Crippen molar-refractivity contribution < 1.29 is 4.92 Å². The smallest absolute Gasteiger partial charge is 0.353 e. The second kappa shape index (κ2) is 7.28. The number of aromatic nitrogens is 2. The van der Waals surface area contributed by atoms with Crippen LogP contribution in [0.5, 0.6) is 0 Å².